The molecule has 0 fully saturated rings. The molecule has 0 aromatic heterocycles. The molecule has 2 aromatic rings. The van der Waals surface area contributed by atoms with Crippen molar-refractivity contribution in [2.24, 2.45) is 5.92 Å². The summed E-state index contributed by atoms with van der Waals surface area (Å²) in [6, 6.07) is 12.5. The van der Waals surface area contributed by atoms with Crippen LogP contribution in [0.2, 0.25) is 0 Å². The maximum absolute atomic E-state index is 12.7. The van der Waals surface area contributed by atoms with Crippen LogP contribution in [-0.2, 0) is 20.7 Å². The summed E-state index contributed by atoms with van der Waals surface area (Å²) >= 11 is 0. The zero-order valence-electron chi connectivity index (χ0n) is 24.5. The Hall–Kier alpha value is -3.91. The third-order valence-electron chi connectivity index (χ3n) is 7.02. The number of hydrogen-bond donors (Lipinski definition) is 2. The number of unbranched alkanes of at least 4 members (excludes halogenated alkanes) is 4. The van der Waals surface area contributed by atoms with Crippen LogP contribution in [0.4, 0.5) is 5.69 Å². The number of carbonyl (C=O) groups is 3. The van der Waals surface area contributed by atoms with Gasteiger partial charge in [-0.1, -0.05) is 69.9 Å². The number of aliphatic carboxylic acids is 1. The molecule has 3 atom stereocenters. The highest BCUT2D eigenvalue weighted by molar-refractivity contribution is 5.97. The van der Waals surface area contributed by atoms with Crippen molar-refractivity contribution in [2.75, 3.05) is 25.6 Å². The average molecular weight is 563 g/mol. The fourth-order valence-electron chi connectivity index (χ4n) is 4.54. The van der Waals surface area contributed by atoms with Crippen LogP contribution in [0.25, 0.3) is 0 Å². The second-order valence-electron chi connectivity index (χ2n) is 10.6. The minimum atomic E-state index is -1.14. The SMILES string of the molecule is CCCCCCCOC1C=CC(C(=O)Oc2ccc(C[C@H](NC(=O)c3cccc(N(C)C)c3)C(=O)O)cc2)=CC1C. The topological polar surface area (TPSA) is 105 Å². The van der Waals surface area contributed by atoms with Crippen LogP contribution in [0.1, 0.15) is 61.9 Å². The Bertz CT molecular complexity index is 1230. The summed E-state index contributed by atoms with van der Waals surface area (Å²) in [5.74, 6) is -1.66. The normalized spacial score (nSPS) is 16.9. The number of nitrogens with one attached hydrogen (secondary N) is 1. The molecule has 41 heavy (non-hydrogen) atoms. The van der Waals surface area contributed by atoms with Gasteiger partial charge in [-0.2, -0.15) is 0 Å². The molecule has 0 heterocycles. The van der Waals surface area contributed by atoms with E-state index in [9.17, 15) is 19.5 Å². The summed E-state index contributed by atoms with van der Waals surface area (Å²) in [5.41, 5.74) is 2.37. The summed E-state index contributed by atoms with van der Waals surface area (Å²) in [6.07, 6.45) is 11.5. The monoisotopic (exact) mass is 562 g/mol. The zero-order valence-corrected chi connectivity index (χ0v) is 24.5. The van der Waals surface area contributed by atoms with Crippen LogP contribution in [0, 0.1) is 5.92 Å². The van der Waals surface area contributed by atoms with Gasteiger partial charge >= 0.3 is 11.9 Å². The molecule has 3 rings (SSSR count). The number of hydrogen-bond acceptors (Lipinski definition) is 6. The lowest BCUT2D eigenvalue weighted by molar-refractivity contribution is -0.139. The highest BCUT2D eigenvalue weighted by atomic mass is 16.5. The Labute approximate surface area is 243 Å². The van der Waals surface area contributed by atoms with E-state index in [4.69, 9.17) is 9.47 Å². The van der Waals surface area contributed by atoms with Gasteiger partial charge in [0, 0.05) is 44.3 Å². The molecule has 220 valence electrons. The van der Waals surface area contributed by atoms with Crippen LogP contribution in [0.5, 0.6) is 5.75 Å². The van der Waals surface area contributed by atoms with E-state index in [2.05, 4.69) is 12.2 Å². The van der Waals surface area contributed by atoms with E-state index in [-0.39, 0.29) is 18.4 Å². The van der Waals surface area contributed by atoms with Crippen molar-refractivity contribution in [3.8, 4) is 5.75 Å². The van der Waals surface area contributed by atoms with E-state index >= 15 is 0 Å². The fraction of sp³-hybridized carbons (Fsp3) is 0.424. The molecule has 0 aliphatic heterocycles. The van der Waals surface area contributed by atoms with Crippen molar-refractivity contribution in [3.63, 3.8) is 0 Å². The number of carboxylic acid groups (broad SMARTS) is 1. The standard InChI is InChI=1S/C33H42N2O6/c1-5-6-7-8-9-19-40-30-18-15-26(20-23(30)2)33(39)41-28-16-13-24(14-17-28)21-29(32(37)38)34-31(36)25-11-10-12-27(22-25)35(3)4/h10-18,20,22-23,29-30H,5-9,19,21H2,1-4H3,(H,34,36)(H,37,38)/t23?,29-,30?/m0/s1. The number of anilines is 1. The van der Waals surface area contributed by atoms with E-state index in [1.54, 1.807) is 48.5 Å². The Morgan fingerprint density at radius 2 is 1.76 bits per heavy atom. The highest BCUT2D eigenvalue weighted by Gasteiger charge is 2.23. The number of amides is 1. The second-order valence-corrected chi connectivity index (χ2v) is 10.6. The van der Waals surface area contributed by atoms with Crippen molar-refractivity contribution >= 4 is 23.5 Å². The quantitative estimate of drug-likeness (QED) is 0.166. The first kappa shape index (κ1) is 31.6. The number of esters is 1. The van der Waals surface area contributed by atoms with Crippen molar-refractivity contribution in [2.45, 2.75) is 64.5 Å². The minimum Gasteiger partial charge on any atom is -0.480 e. The van der Waals surface area contributed by atoms with Gasteiger partial charge in [0.25, 0.3) is 5.91 Å². The molecule has 0 spiro atoms. The van der Waals surface area contributed by atoms with Crippen LogP contribution < -0.4 is 15.0 Å². The van der Waals surface area contributed by atoms with Gasteiger partial charge in [0.2, 0.25) is 0 Å². The largest absolute Gasteiger partial charge is 0.480 e. The average Bonchev–Trinajstić information content (AvgIpc) is 2.96. The maximum atomic E-state index is 12.7. The number of benzene rings is 2. The molecular weight excluding hydrogens is 520 g/mol. The number of carboxylic acids is 1. The van der Waals surface area contributed by atoms with Crippen LogP contribution in [-0.4, -0.2) is 55.8 Å². The molecular formula is C33H42N2O6. The van der Waals surface area contributed by atoms with E-state index < -0.39 is 23.9 Å². The van der Waals surface area contributed by atoms with E-state index in [0.717, 1.165) is 12.1 Å². The summed E-state index contributed by atoms with van der Waals surface area (Å²) in [5, 5.41) is 12.3. The smallest absolute Gasteiger partial charge is 0.343 e. The Morgan fingerprint density at radius 3 is 2.41 bits per heavy atom. The van der Waals surface area contributed by atoms with Gasteiger partial charge in [-0.25, -0.2) is 9.59 Å². The number of nitrogens with zero attached hydrogens (tertiary/aromatic N) is 1. The molecule has 1 aliphatic carbocycles. The molecule has 8 heteroatoms. The Kier molecular flexibility index (Phi) is 12.2. The fourth-order valence-corrected chi connectivity index (χ4v) is 4.54. The number of rotatable bonds is 15. The molecule has 0 radical (unpaired) electrons. The summed E-state index contributed by atoms with van der Waals surface area (Å²) < 4.78 is 11.5. The van der Waals surface area contributed by atoms with Crippen LogP contribution in [0.15, 0.2) is 72.3 Å². The van der Waals surface area contributed by atoms with E-state index in [1.165, 1.54) is 25.7 Å². The first-order valence-corrected chi connectivity index (χ1v) is 14.3. The highest BCUT2D eigenvalue weighted by Crippen LogP contribution is 2.23. The summed E-state index contributed by atoms with van der Waals surface area (Å²) in [4.78, 5) is 39.2. The number of ether oxygens (including phenoxy) is 2. The molecule has 0 bridgehead atoms. The van der Waals surface area contributed by atoms with Gasteiger partial charge < -0.3 is 24.8 Å². The summed E-state index contributed by atoms with van der Waals surface area (Å²) in [7, 11) is 3.73. The first-order chi connectivity index (χ1) is 19.7. The van der Waals surface area contributed by atoms with Crippen LogP contribution >= 0.6 is 0 Å². The van der Waals surface area contributed by atoms with Gasteiger partial charge in [-0.3, -0.25) is 4.79 Å². The number of carbonyl (C=O) groups excluding carboxylic acids is 2. The lowest BCUT2D eigenvalue weighted by Gasteiger charge is -2.23. The maximum Gasteiger partial charge on any atom is 0.343 e. The first-order valence-electron chi connectivity index (χ1n) is 14.3. The molecule has 0 saturated heterocycles. The molecule has 2 unspecified atom stereocenters. The van der Waals surface area contributed by atoms with Gasteiger partial charge in [0.15, 0.2) is 0 Å². The van der Waals surface area contributed by atoms with Crippen molar-refractivity contribution in [1.82, 2.24) is 5.32 Å². The zero-order chi connectivity index (χ0) is 29.8. The second kappa shape index (κ2) is 15.8. The Balaban J connectivity index is 1.51. The molecule has 0 saturated carbocycles. The molecule has 1 aliphatic rings. The van der Waals surface area contributed by atoms with Gasteiger partial charge in [0.05, 0.1) is 11.7 Å². The van der Waals surface area contributed by atoms with Crippen molar-refractivity contribution in [3.05, 3.63) is 83.5 Å². The summed E-state index contributed by atoms with van der Waals surface area (Å²) in [6.45, 7) is 4.92. The van der Waals surface area contributed by atoms with Crippen molar-refractivity contribution < 1.29 is 29.0 Å². The third kappa shape index (κ3) is 9.90. The van der Waals surface area contributed by atoms with Gasteiger partial charge in [0.1, 0.15) is 11.8 Å². The van der Waals surface area contributed by atoms with Gasteiger partial charge in [-0.15, -0.1) is 0 Å². The lowest BCUT2D eigenvalue weighted by Crippen LogP contribution is -2.42. The van der Waals surface area contributed by atoms with E-state index in [1.807, 2.05) is 44.1 Å². The van der Waals surface area contributed by atoms with Crippen LogP contribution in [0.3, 0.4) is 0 Å². The third-order valence-corrected chi connectivity index (χ3v) is 7.02. The minimum absolute atomic E-state index is 0.0501. The molecule has 2 aromatic carbocycles. The van der Waals surface area contributed by atoms with E-state index in [0.29, 0.717) is 29.1 Å². The predicted octanol–water partition coefficient (Wildman–Crippen LogP) is 5.57. The predicted molar refractivity (Wildman–Crippen MR) is 160 cm³/mol. The van der Waals surface area contributed by atoms with Crippen molar-refractivity contribution in [1.29, 1.82) is 0 Å². The molecule has 1 amide bonds. The molecule has 2 N–H and O–H groups in total. The molecule has 8 nitrogen and oxygen atoms in total. The Morgan fingerprint density at radius 1 is 1.02 bits per heavy atom. The lowest BCUT2D eigenvalue weighted by atomic mass is 9.95. The van der Waals surface area contributed by atoms with Gasteiger partial charge in [-0.05, 0) is 48.4 Å².